The number of rotatable bonds is 4. The van der Waals surface area contributed by atoms with Gasteiger partial charge in [0, 0.05) is 16.6 Å². The second-order valence-corrected chi connectivity index (χ2v) is 9.41. The molecule has 0 radical (unpaired) electrons. The van der Waals surface area contributed by atoms with Crippen molar-refractivity contribution in [2.45, 2.75) is 31.7 Å². The number of aromatic nitrogens is 4. The lowest BCUT2D eigenvalue weighted by Crippen LogP contribution is -2.26. The Morgan fingerprint density at radius 1 is 0.903 bits per heavy atom. The molecule has 0 aliphatic heterocycles. The highest BCUT2D eigenvalue weighted by molar-refractivity contribution is 6.32. The molecule has 31 heavy (non-hydrogen) atoms. The highest BCUT2D eigenvalue weighted by Crippen LogP contribution is 2.46. The predicted octanol–water partition coefficient (Wildman–Crippen LogP) is 6.39. The van der Waals surface area contributed by atoms with E-state index in [-0.39, 0.29) is 0 Å². The first-order valence-corrected chi connectivity index (χ1v) is 11.4. The van der Waals surface area contributed by atoms with Gasteiger partial charge in [-0.1, -0.05) is 53.9 Å². The molecule has 2 saturated carbocycles. The predicted molar refractivity (Wildman–Crippen MR) is 125 cm³/mol. The average Bonchev–Trinajstić information content (AvgIpc) is 3.49. The largest absolute Gasteiger partial charge is 0.365 e. The van der Waals surface area contributed by atoms with Gasteiger partial charge in [0.2, 0.25) is 0 Å². The summed E-state index contributed by atoms with van der Waals surface area (Å²) in [7, 11) is 0. The average molecular weight is 450 g/mol. The van der Waals surface area contributed by atoms with Crippen molar-refractivity contribution < 1.29 is 0 Å². The Morgan fingerprint density at radius 2 is 1.74 bits per heavy atom. The highest BCUT2D eigenvalue weighted by Gasteiger charge is 2.40. The van der Waals surface area contributed by atoms with Gasteiger partial charge < -0.3 is 5.32 Å². The van der Waals surface area contributed by atoms with E-state index < -0.39 is 0 Å². The van der Waals surface area contributed by atoms with Gasteiger partial charge in [-0.15, -0.1) is 0 Å². The summed E-state index contributed by atoms with van der Waals surface area (Å²) in [5, 5.41) is 9.97. The molecular formula is C24H21Cl2N5. The molecule has 6 rings (SSSR count). The normalized spacial score (nSPS) is 22.3. The second kappa shape index (κ2) is 7.50. The van der Waals surface area contributed by atoms with Crippen molar-refractivity contribution in [1.82, 2.24) is 19.7 Å². The zero-order chi connectivity index (χ0) is 20.9. The van der Waals surface area contributed by atoms with Crippen LogP contribution in [0.3, 0.4) is 0 Å². The Kier molecular flexibility index (Phi) is 4.62. The van der Waals surface area contributed by atoms with Gasteiger partial charge in [-0.2, -0.15) is 5.10 Å². The molecule has 2 fully saturated rings. The number of benzene rings is 2. The summed E-state index contributed by atoms with van der Waals surface area (Å²) in [5.41, 5.74) is 4.20. The molecule has 5 nitrogen and oxygen atoms in total. The van der Waals surface area contributed by atoms with Crippen molar-refractivity contribution in [3.8, 4) is 16.9 Å². The molecule has 7 heteroatoms. The molecule has 156 valence electrons. The Hall–Kier alpha value is -2.63. The lowest BCUT2D eigenvalue weighted by Gasteiger charge is -2.23. The molecule has 3 atom stereocenters. The van der Waals surface area contributed by atoms with E-state index >= 15 is 0 Å². The number of hydrogen-bond donors (Lipinski definition) is 1. The van der Waals surface area contributed by atoms with Gasteiger partial charge in [-0.05, 0) is 55.4 Å². The molecule has 0 saturated heterocycles. The number of anilines is 1. The molecule has 2 heterocycles. The van der Waals surface area contributed by atoms with Crippen molar-refractivity contribution in [2.24, 2.45) is 11.8 Å². The minimum absolute atomic E-state index is 0.460. The minimum Gasteiger partial charge on any atom is -0.365 e. The van der Waals surface area contributed by atoms with Crippen LogP contribution in [0.15, 0.2) is 54.9 Å². The summed E-state index contributed by atoms with van der Waals surface area (Å²) in [6, 6.07) is 15.9. The lowest BCUT2D eigenvalue weighted by molar-refractivity contribution is 0.439. The first kappa shape index (κ1) is 19.1. The fourth-order valence-corrected chi connectivity index (χ4v) is 5.61. The molecule has 1 N–H and O–H groups in total. The van der Waals surface area contributed by atoms with Crippen LogP contribution in [0.1, 0.15) is 25.7 Å². The minimum atomic E-state index is 0.460. The summed E-state index contributed by atoms with van der Waals surface area (Å²) in [6.07, 6.45) is 6.84. The van der Waals surface area contributed by atoms with Crippen LogP contribution < -0.4 is 5.32 Å². The van der Waals surface area contributed by atoms with Gasteiger partial charge in [-0.3, -0.25) is 0 Å². The number of halogens is 2. The molecule has 2 aromatic carbocycles. The third kappa shape index (κ3) is 3.27. The summed E-state index contributed by atoms with van der Waals surface area (Å²) in [5.74, 6) is 2.38. The Bertz CT molecular complexity index is 1270. The van der Waals surface area contributed by atoms with E-state index in [1.807, 2.05) is 53.2 Å². The molecule has 2 aliphatic rings. The van der Waals surface area contributed by atoms with Crippen molar-refractivity contribution in [3.05, 3.63) is 64.9 Å². The monoisotopic (exact) mass is 449 g/mol. The molecule has 0 amide bonds. The first-order chi connectivity index (χ1) is 15.2. The fraction of sp³-hybridized carbons (Fsp3) is 0.292. The van der Waals surface area contributed by atoms with Crippen molar-refractivity contribution in [3.63, 3.8) is 0 Å². The van der Waals surface area contributed by atoms with Gasteiger partial charge in [0.25, 0.3) is 0 Å². The zero-order valence-electron chi connectivity index (χ0n) is 16.8. The van der Waals surface area contributed by atoms with E-state index in [1.54, 1.807) is 6.33 Å². The van der Waals surface area contributed by atoms with E-state index in [1.165, 1.54) is 25.7 Å². The molecule has 2 bridgehead atoms. The third-order valence-corrected chi connectivity index (χ3v) is 7.29. The number of fused-ring (bicyclic) bond motifs is 3. The SMILES string of the molecule is Clc1ccc(-c2c3ncnc(NC4CC5CCC4C5)c3nn2-c2ccccc2Cl)cc1. The van der Waals surface area contributed by atoms with E-state index in [2.05, 4.69) is 15.3 Å². The third-order valence-electron chi connectivity index (χ3n) is 6.72. The molecule has 2 aliphatic carbocycles. The Labute approximate surface area is 190 Å². The van der Waals surface area contributed by atoms with Crippen LogP contribution in [-0.2, 0) is 0 Å². The highest BCUT2D eigenvalue weighted by atomic mass is 35.5. The number of nitrogens with one attached hydrogen (secondary N) is 1. The van der Waals surface area contributed by atoms with Gasteiger partial charge >= 0.3 is 0 Å². The standard InChI is InChI=1S/C24H21Cl2N5/c25-17-9-7-15(8-10-17)23-21-22(30-31(23)20-4-2-1-3-18(20)26)24(28-13-27-21)29-19-12-14-5-6-16(19)11-14/h1-4,7-10,13-14,16,19H,5-6,11-12H2,(H,27,28,29). The number of hydrogen-bond acceptors (Lipinski definition) is 4. The smallest absolute Gasteiger partial charge is 0.158 e. The van der Waals surface area contributed by atoms with E-state index in [0.29, 0.717) is 16.1 Å². The van der Waals surface area contributed by atoms with Gasteiger partial charge in [0.1, 0.15) is 17.5 Å². The molecular weight excluding hydrogens is 429 g/mol. The van der Waals surface area contributed by atoms with Crippen LogP contribution in [0, 0.1) is 11.8 Å². The van der Waals surface area contributed by atoms with E-state index in [0.717, 1.165) is 45.6 Å². The molecule has 0 spiro atoms. The topological polar surface area (TPSA) is 55.6 Å². The lowest BCUT2D eigenvalue weighted by atomic mass is 9.95. The van der Waals surface area contributed by atoms with Crippen LogP contribution in [0.25, 0.3) is 28.0 Å². The first-order valence-electron chi connectivity index (χ1n) is 10.7. The Balaban J connectivity index is 1.53. The maximum Gasteiger partial charge on any atom is 0.158 e. The number of nitrogens with zero attached hydrogens (tertiary/aromatic N) is 4. The maximum absolute atomic E-state index is 6.56. The molecule has 4 aromatic rings. The van der Waals surface area contributed by atoms with Crippen LogP contribution in [0.2, 0.25) is 10.0 Å². The second-order valence-electron chi connectivity index (χ2n) is 8.56. The molecule has 2 aromatic heterocycles. The van der Waals surface area contributed by atoms with Crippen LogP contribution in [0.4, 0.5) is 5.82 Å². The Morgan fingerprint density at radius 3 is 2.48 bits per heavy atom. The van der Waals surface area contributed by atoms with Crippen molar-refractivity contribution >= 4 is 40.1 Å². The quantitative estimate of drug-likeness (QED) is 0.392. The summed E-state index contributed by atoms with van der Waals surface area (Å²) < 4.78 is 1.87. The summed E-state index contributed by atoms with van der Waals surface area (Å²) in [6.45, 7) is 0. The maximum atomic E-state index is 6.56. The van der Waals surface area contributed by atoms with Crippen LogP contribution in [0.5, 0.6) is 0 Å². The van der Waals surface area contributed by atoms with Gasteiger partial charge in [0.15, 0.2) is 11.3 Å². The summed E-state index contributed by atoms with van der Waals surface area (Å²) >= 11 is 12.7. The fourth-order valence-electron chi connectivity index (χ4n) is 5.26. The van der Waals surface area contributed by atoms with Gasteiger partial charge in [-0.25, -0.2) is 14.6 Å². The van der Waals surface area contributed by atoms with Crippen molar-refractivity contribution in [1.29, 1.82) is 0 Å². The number of para-hydroxylation sites is 1. The van der Waals surface area contributed by atoms with Crippen LogP contribution >= 0.6 is 23.2 Å². The van der Waals surface area contributed by atoms with Gasteiger partial charge in [0.05, 0.1) is 10.7 Å². The van der Waals surface area contributed by atoms with Crippen LogP contribution in [-0.4, -0.2) is 25.8 Å². The zero-order valence-corrected chi connectivity index (χ0v) is 18.3. The van der Waals surface area contributed by atoms with E-state index in [9.17, 15) is 0 Å². The van der Waals surface area contributed by atoms with E-state index in [4.69, 9.17) is 28.3 Å². The van der Waals surface area contributed by atoms with Crippen molar-refractivity contribution in [2.75, 3.05) is 5.32 Å². The molecule has 3 unspecified atom stereocenters. The summed E-state index contributed by atoms with van der Waals surface area (Å²) in [4.78, 5) is 9.21.